The van der Waals surface area contributed by atoms with E-state index < -0.39 is 5.97 Å². The van der Waals surface area contributed by atoms with Gasteiger partial charge in [0, 0.05) is 25.4 Å². The highest BCUT2D eigenvalue weighted by Gasteiger charge is 2.34. The van der Waals surface area contributed by atoms with Crippen LogP contribution in [-0.2, 0) is 4.79 Å². The summed E-state index contributed by atoms with van der Waals surface area (Å²) in [6.07, 6.45) is 12.2. The fourth-order valence-corrected chi connectivity index (χ4v) is 5.12. The second-order valence-electron chi connectivity index (χ2n) is 7.18. The smallest absolute Gasteiger partial charge is 0.328 e. The van der Waals surface area contributed by atoms with E-state index in [-0.39, 0.29) is 0 Å². The van der Waals surface area contributed by atoms with Crippen molar-refractivity contribution in [3.8, 4) is 0 Å². The summed E-state index contributed by atoms with van der Waals surface area (Å²) in [5, 5.41) is 12.7. The van der Waals surface area contributed by atoms with Gasteiger partial charge in [0.15, 0.2) is 0 Å². The Morgan fingerprint density at radius 3 is 2.85 bits per heavy atom. The molecule has 1 aromatic rings. The molecule has 0 spiro atoms. The first kappa shape index (κ1) is 19.9. The molecule has 2 aliphatic rings. The third kappa shape index (κ3) is 5.33. The lowest BCUT2D eigenvalue weighted by Crippen LogP contribution is -2.37. The first-order chi connectivity index (χ1) is 12.5. The van der Waals surface area contributed by atoms with E-state index in [1.165, 1.54) is 44.7 Å². The van der Waals surface area contributed by atoms with Gasteiger partial charge < -0.3 is 10.4 Å². The van der Waals surface area contributed by atoms with Crippen molar-refractivity contribution < 1.29 is 9.90 Å². The van der Waals surface area contributed by atoms with Crippen LogP contribution in [0.4, 0.5) is 5.82 Å². The Hall–Kier alpha value is -0.860. The summed E-state index contributed by atoms with van der Waals surface area (Å²) >= 11 is 8.87. The number of nitrogens with zero attached hydrogens (tertiary/aromatic N) is 2. The van der Waals surface area contributed by atoms with E-state index in [1.807, 2.05) is 0 Å². The number of aliphatic carboxylic acids is 1. The number of halogens is 2. The predicted octanol–water partition coefficient (Wildman–Crippen LogP) is 4.66. The van der Waals surface area contributed by atoms with Crippen LogP contribution in [0.2, 0.25) is 5.02 Å². The van der Waals surface area contributed by atoms with Crippen LogP contribution in [-0.4, -0.2) is 44.1 Å². The van der Waals surface area contributed by atoms with Gasteiger partial charge in [-0.15, -0.1) is 0 Å². The minimum absolute atomic E-state index is 0.324. The van der Waals surface area contributed by atoms with E-state index in [0.717, 1.165) is 25.0 Å². The molecule has 1 unspecified atom stereocenters. The summed E-state index contributed by atoms with van der Waals surface area (Å²) < 4.78 is 0.430. The van der Waals surface area contributed by atoms with Crippen molar-refractivity contribution in [1.82, 2.24) is 9.88 Å². The predicted molar refractivity (Wildman–Crippen MR) is 114 cm³/mol. The number of hydrogen-bond acceptors (Lipinski definition) is 4. The third-order valence-corrected chi connectivity index (χ3v) is 7.17. The summed E-state index contributed by atoms with van der Waals surface area (Å²) in [6.45, 7) is 2.31. The number of alkyl halides is 1. The second kappa shape index (κ2) is 9.37. The molecule has 0 amide bonds. The summed E-state index contributed by atoms with van der Waals surface area (Å²) in [5.41, 5.74) is 0.680. The number of aromatic nitrogens is 1. The fourth-order valence-electron chi connectivity index (χ4n) is 3.85. The van der Waals surface area contributed by atoms with Crippen LogP contribution in [0.3, 0.4) is 0 Å². The zero-order valence-corrected chi connectivity index (χ0v) is 17.6. The molecule has 1 aliphatic carbocycles. The molecule has 26 heavy (non-hydrogen) atoms. The van der Waals surface area contributed by atoms with Gasteiger partial charge in [0.1, 0.15) is 5.82 Å². The molecule has 2 heterocycles. The average Bonchev–Trinajstić information content (AvgIpc) is 2.96. The molecule has 1 aromatic heterocycles. The van der Waals surface area contributed by atoms with Crippen LogP contribution in [0.25, 0.3) is 6.08 Å². The Morgan fingerprint density at radius 1 is 1.38 bits per heavy atom. The van der Waals surface area contributed by atoms with Crippen molar-refractivity contribution in [2.24, 2.45) is 5.92 Å². The average molecular weight is 490 g/mol. The van der Waals surface area contributed by atoms with Crippen molar-refractivity contribution in [2.75, 3.05) is 18.4 Å². The Bertz CT molecular complexity index is 664. The highest BCUT2D eigenvalue weighted by Crippen LogP contribution is 2.32. The molecule has 1 saturated carbocycles. The molecule has 2 atom stereocenters. The number of hydrogen-bond donors (Lipinski definition) is 2. The van der Waals surface area contributed by atoms with Gasteiger partial charge in [-0.2, -0.15) is 0 Å². The topological polar surface area (TPSA) is 65.5 Å². The van der Waals surface area contributed by atoms with Gasteiger partial charge >= 0.3 is 5.97 Å². The largest absolute Gasteiger partial charge is 0.478 e. The second-order valence-corrected chi connectivity index (χ2v) is 8.87. The monoisotopic (exact) mass is 489 g/mol. The normalized spacial score (nSPS) is 25.0. The Balaban J connectivity index is 1.57. The highest BCUT2D eigenvalue weighted by molar-refractivity contribution is 14.1. The lowest BCUT2D eigenvalue weighted by atomic mass is 9.89. The molecular formula is C19H25ClIN3O2. The maximum Gasteiger partial charge on any atom is 0.328 e. The molecule has 1 aliphatic heterocycles. The van der Waals surface area contributed by atoms with E-state index in [0.29, 0.717) is 26.5 Å². The van der Waals surface area contributed by atoms with E-state index in [4.69, 9.17) is 16.7 Å². The van der Waals surface area contributed by atoms with Crippen LogP contribution in [0.15, 0.2) is 18.3 Å². The highest BCUT2D eigenvalue weighted by atomic mass is 127. The maximum absolute atomic E-state index is 10.6. The lowest BCUT2D eigenvalue weighted by molar-refractivity contribution is -0.131. The Morgan fingerprint density at radius 2 is 2.15 bits per heavy atom. The van der Waals surface area contributed by atoms with E-state index in [2.05, 4.69) is 37.8 Å². The Labute approximate surface area is 173 Å². The van der Waals surface area contributed by atoms with E-state index in [9.17, 15) is 4.79 Å². The zero-order valence-electron chi connectivity index (χ0n) is 14.7. The van der Waals surface area contributed by atoms with Gasteiger partial charge in [0.2, 0.25) is 0 Å². The molecule has 1 saturated heterocycles. The molecular weight excluding hydrogens is 465 g/mol. The third-order valence-electron chi connectivity index (χ3n) is 5.23. The number of carbonyl (C=O) groups is 1. The van der Waals surface area contributed by atoms with Crippen LogP contribution in [0.1, 0.15) is 44.1 Å². The van der Waals surface area contributed by atoms with Gasteiger partial charge in [-0.1, -0.05) is 53.5 Å². The van der Waals surface area contributed by atoms with E-state index >= 15 is 0 Å². The van der Waals surface area contributed by atoms with Crippen molar-refractivity contribution in [3.63, 3.8) is 0 Å². The molecule has 2 N–H and O–H groups in total. The number of nitrogens with one attached hydrogen (secondary N) is 1. The molecule has 142 valence electrons. The molecule has 2 fully saturated rings. The number of pyridine rings is 1. The number of carboxylic acids is 1. The summed E-state index contributed by atoms with van der Waals surface area (Å²) in [4.78, 5) is 17.6. The van der Waals surface area contributed by atoms with Crippen molar-refractivity contribution in [2.45, 2.75) is 48.6 Å². The quantitative estimate of drug-likeness (QED) is 0.263. The Kier molecular flexibility index (Phi) is 7.17. The standard InChI is InChI=1S/C19H25ClIN3O2/c20-15-10-14(6-7-17(25)26)11-22-19(15)23-16-8-9-24(18(16)21)12-13-4-2-1-3-5-13/h6-7,10-11,13,16,18H,1-5,8-9,12H2,(H,22,23)(H,25,26)/t16-,18?/m1/s1. The number of carboxylic acid groups (broad SMARTS) is 1. The van der Waals surface area contributed by atoms with Gasteiger partial charge in [-0.25, -0.2) is 9.78 Å². The van der Waals surface area contributed by atoms with Crippen LogP contribution >= 0.6 is 34.2 Å². The molecule has 7 heteroatoms. The van der Waals surface area contributed by atoms with Gasteiger partial charge in [-0.05, 0) is 42.9 Å². The maximum atomic E-state index is 10.6. The molecule has 0 radical (unpaired) electrons. The zero-order chi connectivity index (χ0) is 18.5. The first-order valence-corrected chi connectivity index (χ1v) is 10.9. The fraction of sp³-hybridized carbons (Fsp3) is 0.579. The van der Waals surface area contributed by atoms with Crippen molar-refractivity contribution in [1.29, 1.82) is 0 Å². The van der Waals surface area contributed by atoms with Gasteiger partial charge in [-0.3, -0.25) is 4.90 Å². The van der Waals surface area contributed by atoms with E-state index in [1.54, 1.807) is 12.3 Å². The summed E-state index contributed by atoms with van der Waals surface area (Å²) in [6, 6.07) is 2.07. The number of rotatable bonds is 6. The minimum Gasteiger partial charge on any atom is -0.478 e. The molecule has 0 bridgehead atoms. The lowest BCUT2D eigenvalue weighted by Gasteiger charge is -2.30. The van der Waals surface area contributed by atoms with Crippen molar-refractivity contribution in [3.05, 3.63) is 28.9 Å². The minimum atomic E-state index is -0.986. The molecule has 0 aromatic carbocycles. The van der Waals surface area contributed by atoms with Crippen LogP contribution in [0, 0.1) is 5.92 Å². The molecule has 5 nitrogen and oxygen atoms in total. The first-order valence-electron chi connectivity index (χ1n) is 9.24. The van der Waals surface area contributed by atoms with Crippen LogP contribution < -0.4 is 5.32 Å². The summed E-state index contributed by atoms with van der Waals surface area (Å²) in [7, 11) is 0. The SMILES string of the molecule is O=C(O)C=Cc1cnc(N[C@@H]2CCN(CC3CCCCC3)C2I)c(Cl)c1. The molecule has 3 rings (SSSR count). The number of likely N-dealkylation sites (tertiary alicyclic amines) is 1. The van der Waals surface area contributed by atoms with Crippen LogP contribution in [0.5, 0.6) is 0 Å². The number of anilines is 1. The van der Waals surface area contributed by atoms with Gasteiger partial charge in [0.05, 0.1) is 15.1 Å². The van der Waals surface area contributed by atoms with Gasteiger partial charge in [0.25, 0.3) is 0 Å². The summed E-state index contributed by atoms with van der Waals surface area (Å²) in [5.74, 6) is 0.534. The van der Waals surface area contributed by atoms with Crippen molar-refractivity contribution >= 4 is 52.1 Å².